The number of hydrogen-bond donors (Lipinski definition) is 1. The zero-order chi connectivity index (χ0) is 25.2. The van der Waals surface area contributed by atoms with E-state index in [1.54, 1.807) is 26.4 Å². The highest BCUT2D eigenvalue weighted by Crippen LogP contribution is 2.46. The third-order valence-corrected chi connectivity index (χ3v) is 6.16. The summed E-state index contributed by atoms with van der Waals surface area (Å²) in [6.07, 6.45) is 0. The summed E-state index contributed by atoms with van der Waals surface area (Å²) in [5.74, 6) is 1.72. The Labute approximate surface area is 221 Å². The number of aromatic nitrogens is 1. The Morgan fingerprint density at radius 2 is 1.62 bits per heavy atom. The van der Waals surface area contributed by atoms with Crippen molar-refractivity contribution in [2.45, 2.75) is 6.61 Å². The molecule has 1 N–H and O–H groups in total. The number of benzene rings is 3. The van der Waals surface area contributed by atoms with Gasteiger partial charge < -0.3 is 28.9 Å². The fraction of sp³-hybridized carbons (Fsp3) is 0.250. The van der Waals surface area contributed by atoms with Crippen LogP contribution in [0.3, 0.4) is 0 Å². The summed E-state index contributed by atoms with van der Waals surface area (Å²) in [7, 11) is 7.25. The second-order valence-electron chi connectivity index (χ2n) is 8.83. The van der Waals surface area contributed by atoms with E-state index in [4.69, 9.17) is 19.0 Å². The maximum Gasteiger partial charge on any atom is 0.161 e. The van der Waals surface area contributed by atoms with E-state index < -0.39 is 0 Å². The Morgan fingerprint density at radius 1 is 0.919 bits per heavy atom. The summed E-state index contributed by atoms with van der Waals surface area (Å²) in [5, 5.41) is 5.53. The highest BCUT2D eigenvalue weighted by Gasteiger charge is 2.32. The summed E-state index contributed by atoms with van der Waals surface area (Å²) in [4.78, 5) is 11.4. The number of nitrogens with one attached hydrogen (secondary N) is 1. The van der Waals surface area contributed by atoms with Gasteiger partial charge >= 0.3 is 0 Å². The van der Waals surface area contributed by atoms with Crippen LogP contribution in [0.15, 0.2) is 59.8 Å². The molecule has 0 unspecified atom stereocenters. The van der Waals surface area contributed by atoms with Crippen LogP contribution in [0.25, 0.3) is 22.2 Å². The molecule has 0 saturated carbocycles. The van der Waals surface area contributed by atoms with Crippen molar-refractivity contribution in [3.8, 4) is 28.5 Å². The maximum absolute atomic E-state index is 13.3. The van der Waals surface area contributed by atoms with E-state index in [9.17, 15) is 4.39 Å². The first-order valence-corrected chi connectivity index (χ1v) is 11.6. The standard InChI is InChI=1S/C28H28FN3O4.ClH/c1-32(2)11-12-35-19-9-10-23-22(13-19)26-27(30-23)20-14-24(33-3)25(34-4)15-21(20)28(26)31-36-16-17-5-7-18(29)8-6-17;/h5-10,13-15,30H,11-12,16H2,1-4H3;1H/b31-28-;. The average Bonchev–Trinajstić information content (AvgIpc) is 3.38. The molecule has 1 heterocycles. The minimum Gasteiger partial charge on any atom is -0.493 e. The minimum absolute atomic E-state index is 0. The van der Waals surface area contributed by atoms with E-state index in [1.165, 1.54) is 12.1 Å². The number of likely N-dealkylation sites (N-methyl/N-ethyl adjacent to an activating group) is 1. The predicted molar refractivity (Wildman–Crippen MR) is 145 cm³/mol. The van der Waals surface area contributed by atoms with Gasteiger partial charge in [-0.3, -0.25) is 0 Å². The number of H-pyrrole nitrogens is 1. The first-order chi connectivity index (χ1) is 17.5. The Kier molecular flexibility index (Phi) is 7.90. The van der Waals surface area contributed by atoms with Crippen LogP contribution < -0.4 is 14.2 Å². The van der Waals surface area contributed by atoms with Crippen LogP contribution >= 0.6 is 12.4 Å². The van der Waals surface area contributed by atoms with Gasteiger partial charge in [0.25, 0.3) is 0 Å². The molecule has 37 heavy (non-hydrogen) atoms. The van der Waals surface area contributed by atoms with Gasteiger partial charge in [-0.15, -0.1) is 12.4 Å². The Bertz CT molecular complexity index is 1430. The molecule has 194 valence electrons. The number of rotatable bonds is 9. The van der Waals surface area contributed by atoms with Crippen molar-refractivity contribution in [1.29, 1.82) is 0 Å². The minimum atomic E-state index is -0.289. The summed E-state index contributed by atoms with van der Waals surface area (Å²) in [6.45, 7) is 1.61. The number of ether oxygens (including phenoxy) is 3. The SMILES string of the molecule is COc1cc2c(cc1OC)-c1[nH]c3ccc(OCCN(C)C)cc3c1/C2=N\OCc1ccc(F)cc1.Cl. The molecule has 5 rings (SSSR count). The van der Waals surface area contributed by atoms with Crippen LogP contribution in [-0.2, 0) is 11.4 Å². The third kappa shape index (κ3) is 5.21. The molecule has 1 aliphatic carbocycles. The highest BCUT2D eigenvalue weighted by atomic mass is 35.5. The van der Waals surface area contributed by atoms with Crippen LogP contribution in [0.2, 0.25) is 0 Å². The van der Waals surface area contributed by atoms with Gasteiger partial charge in [-0.05, 0) is 62.1 Å². The molecule has 0 radical (unpaired) electrons. The first-order valence-electron chi connectivity index (χ1n) is 11.6. The molecule has 4 aromatic rings. The molecule has 1 aliphatic rings. The van der Waals surface area contributed by atoms with Crippen molar-refractivity contribution in [1.82, 2.24) is 9.88 Å². The van der Waals surface area contributed by atoms with E-state index in [1.807, 2.05) is 44.4 Å². The zero-order valence-electron chi connectivity index (χ0n) is 21.1. The number of aromatic amines is 1. The number of methoxy groups -OCH3 is 2. The van der Waals surface area contributed by atoms with Crippen molar-refractivity contribution >= 4 is 29.0 Å². The molecule has 7 nitrogen and oxygen atoms in total. The molecule has 0 bridgehead atoms. The molecular formula is C28H29ClFN3O4. The summed E-state index contributed by atoms with van der Waals surface area (Å²) in [6, 6.07) is 16.0. The van der Waals surface area contributed by atoms with Crippen LogP contribution in [0, 0.1) is 5.82 Å². The van der Waals surface area contributed by atoms with Crippen LogP contribution in [0.5, 0.6) is 17.2 Å². The molecule has 0 atom stereocenters. The van der Waals surface area contributed by atoms with Crippen molar-refractivity contribution in [3.63, 3.8) is 0 Å². The lowest BCUT2D eigenvalue weighted by atomic mass is 10.1. The molecular weight excluding hydrogens is 497 g/mol. The highest BCUT2D eigenvalue weighted by molar-refractivity contribution is 6.30. The molecule has 0 spiro atoms. The quantitative estimate of drug-likeness (QED) is 0.252. The second kappa shape index (κ2) is 11.1. The number of nitrogens with zero attached hydrogens (tertiary/aromatic N) is 2. The first kappa shape index (κ1) is 26.3. The molecule has 0 fully saturated rings. The van der Waals surface area contributed by atoms with E-state index in [2.05, 4.69) is 15.0 Å². The van der Waals surface area contributed by atoms with Gasteiger partial charge in [0, 0.05) is 34.1 Å². The van der Waals surface area contributed by atoms with Gasteiger partial charge in [-0.1, -0.05) is 17.3 Å². The van der Waals surface area contributed by atoms with Crippen LogP contribution in [0.4, 0.5) is 4.39 Å². The van der Waals surface area contributed by atoms with Crippen molar-refractivity contribution in [2.75, 3.05) is 41.5 Å². The van der Waals surface area contributed by atoms with Gasteiger partial charge in [0.15, 0.2) is 11.5 Å². The fourth-order valence-corrected chi connectivity index (χ4v) is 4.32. The summed E-state index contributed by atoms with van der Waals surface area (Å²) < 4.78 is 30.4. The van der Waals surface area contributed by atoms with Crippen LogP contribution in [-0.4, -0.2) is 57.1 Å². The lowest BCUT2D eigenvalue weighted by Crippen LogP contribution is -2.19. The van der Waals surface area contributed by atoms with Gasteiger partial charge in [0.05, 0.1) is 19.9 Å². The lowest BCUT2D eigenvalue weighted by molar-refractivity contribution is 0.131. The normalized spacial score (nSPS) is 12.9. The largest absolute Gasteiger partial charge is 0.493 e. The maximum atomic E-state index is 13.3. The van der Waals surface area contributed by atoms with Crippen molar-refractivity contribution < 1.29 is 23.4 Å². The number of hydrogen-bond acceptors (Lipinski definition) is 6. The lowest BCUT2D eigenvalue weighted by Gasteiger charge is -2.12. The van der Waals surface area contributed by atoms with Crippen molar-refractivity contribution in [3.05, 3.63) is 77.1 Å². The molecule has 0 aliphatic heterocycles. The van der Waals surface area contributed by atoms with Gasteiger partial charge in [-0.2, -0.15) is 0 Å². The van der Waals surface area contributed by atoms with Crippen LogP contribution in [0.1, 0.15) is 16.7 Å². The number of halogens is 2. The fourth-order valence-electron chi connectivity index (χ4n) is 4.32. The molecule has 0 saturated heterocycles. The monoisotopic (exact) mass is 525 g/mol. The molecule has 0 amide bonds. The van der Waals surface area contributed by atoms with E-state index in [0.717, 1.165) is 51.1 Å². The number of oxime groups is 1. The summed E-state index contributed by atoms with van der Waals surface area (Å²) >= 11 is 0. The zero-order valence-corrected chi connectivity index (χ0v) is 21.9. The molecule has 3 aromatic carbocycles. The Morgan fingerprint density at radius 3 is 2.30 bits per heavy atom. The Hall–Kier alpha value is -3.75. The molecule has 9 heteroatoms. The molecule has 1 aromatic heterocycles. The summed E-state index contributed by atoms with van der Waals surface area (Å²) in [5.41, 5.74) is 6.13. The second-order valence-corrected chi connectivity index (χ2v) is 8.83. The van der Waals surface area contributed by atoms with Gasteiger partial charge in [0.2, 0.25) is 0 Å². The Balaban J connectivity index is 0.00000320. The average molecular weight is 526 g/mol. The number of fused-ring (bicyclic) bond motifs is 5. The van der Waals surface area contributed by atoms with E-state index in [0.29, 0.717) is 23.8 Å². The topological polar surface area (TPSA) is 68.3 Å². The van der Waals surface area contributed by atoms with Gasteiger partial charge in [-0.25, -0.2) is 4.39 Å². The van der Waals surface area contributed by atoms with E-state index in [-0.39, 0.29) is 24.8 Å². The van der Waals surface area contributed by atoms with E-state index >= 15 is 0 Å². The third-order valence-electron chi connectivity index (χ3n) is 6.16. The smallest absolute Gasteiger partial charge is 0.161 e. The van der Waals surface area contributed by atoms with Crippen molar-refractivity contribution in [2.24, 2.45) is 5.16 Å². The van der Waals surface area contributed by atoms with Gasteiger partial charge in [0.1, 0.15) is 30.5 Å². The predicted octanol–water partition coefficient (Wildman–Crippen LogP) is 5.64.